The lowest BCUT2D eigenvalue weighted by atomic mass is 9.99. The first-order chi connectivity index (χ1) is 11.6. The van der Waals surface area contributed by atoms with Gasteiger partial charge in [-0.3, -0.25) is 9.59 Å². The zero-order chi connectivity index (χ0) is 17.4. The van der Waals surface area contributed by atoms with Gasteiger partial charge in [0.05, 0.1) is 18.1 Å². The number of nitrogens with one attached hydrogen (secondary N) is 1. The Morgan fingerprint density at radius 3 is 2.50 bits per heavy atom. The third-order valence-electron chi connectivity index (χ3n) is 4.04. The van der Waals surface area contributed by atoms with E-state index >= 15 is 0 Å². The fourth-order valence-corrected chi connectivity index (χ4v) is 3.30. The summed E-state index contributed by atoms with van der Waals surface area (Å²) in [6.45, 7) is 6.46. The molecule has 6 heteroatoms. The highest BCUT2D eigenvalue weighted by Gasteiger charge is 2.20. The summed E-state index contributed by atoms with van der Waals surface area (Å²) in [6.07, 6.45) is 2.16. The summed E-state index contributed by atoms with van der Waals surface area (Å²) in [4.78, 5) is 26.0. The molecule has 0 bridgehead atoms. The summed E-state index contributed by atoms with van der Waals surface area (Å²) < 4.78 is 5.36. The molecular formula is C18H26N2O3S. The zero-order valence-electron chi connectivity index (χ0n) is 14.4. The van der Waals surface area contributed by atoms with E-state index in [0.29, 0.717) is 18.3 Å². The van der Waals surface area contributed by atoms with Crippen LogP contribution in [0.5, 0.6) is 5.75 Å². The fourth-order valence-electron chi connectivity index (χ4n) is 2.58. The zero-order valence-corrected chi connectivity index (χ0v) is 15.2. The number of ether oxygens (including phenoxy) is 1. The monoisotopic (exact) mass is 350 g/mol. The summed E-state index contributed by atoms with van der Waals surface area (Å²) in [5.41, 5.74) is 0.736. The fraction of sp³-hybridized carbons (Fsp3) is 0.556. The van der Waals surface area contributed by atoms with Crippen LogP contribution in [0.15, 0.2) is 24.3 Å². The standard InChI is InChI=1S/C18H26N2O3S/c1-3-23-16-6-4-15(5-7-16)19-17(21)12-24-13-18(22)20-10-8-14(2)9-11-20/h4-7,14H,3,8-13H2,1-2H3,(H,19,21). The summed E-state index contributed by atoms with van der Waals surface area (Å²) >= 11 is 1.37. The first-order valence-electron chi connectivity index (χ1n) is 8.46. The van der Waals surface area contributed by atoms with Gasteiger partial charge in [-0.15, -0.1) is 11.8 Å². The first-order valence-corrected chi connectivity index (χ1v) is 9.62. The van der Waals surface area contributed by atoms with Gasteiger partial charge in [0.2, 0.25) is 11.8 Å². The number of rotatable bonds is 7. The second-order valence-corrected chi connectivity index (χ2v) is 7.05. The maximum absolute atomic E-state index is 12.1. The van der Waals surface area contributed by atoms with Crippen LogP contribution in [-0.2, 0) is 9.59 Å². The number of anilines is 1. The SMILES string of the molecule is CCOc1ccc(NC(=O)CSCC(=O)N2CCC(C)CC2)cc1. The van der Waals surface area contributed by atoms with Crippen molar-refractivity contribution < 1.29 is 14.3 Å². The molecule has 24 heavy (non-hydrogen) atoms. The van der Waals surface area contributed by atoms with Gasteiger partial charge < -0.3 is 15.0 Å². The number of benzene rings is 1. The highest BCUT2D eigenvalue weighted by atomic mass is 32.2. The number of thioether (sulfide) groups is 1. The van der Waals surface area contributed by atoms with Crippen molar-refractivity contribution in [1.82, 2.24) is 4.90 Å². The number of nitrogens with zero attached hydrogens (tertiary/aromatic N) is 1. The molecule has 0 aromatic heterocycles. The molecule has 2 amide bonds. The molecule has 0 unspecified atom stereocenters. The molecule has 1 saturated heterocycles. The van der Waals surface area contributed by atoms with Crippen LogP contribution in [0.2, 0.25) is 0 Å². The van der Waals surface area contributed by atoms with Crippen LogP contribution in [0.3, 0.4) is 0 Å². The van der Waals surface area contributed by atoms with Gasteiger partial charge in [0.1, 0.15) is 5.75 Å². The summed E-state index contributed by atoms with van der Waals surface area (Å²) in [5.74, 6) is 2.19. The summed E-state index contributed by atoms with van der Waals surface area (Å²) in [6, 6.07) is 7.28. The maximum Gasteiger partial charge on any atom is 0.234 e. The van der Waals surface area contributed by atoms with Crippen LogP contribution in [-0.4, -0.2) is 47.9 Å². The van der Waals surface area contributed by atoms with Gasteiger partial charge in [-0.2, -0.15) is 0 Å². The normalized spacial score (nSPS) is 15.2. The van der Waals surface area contributed by atoms with Gasteiger partial charge in [-0.05, 0) is 49.9 Å². The Balaban J connectivity index is 1.66. The molecule has 1 aliphatic rings. The van der Waals surface area contributed by atoms with Crippen molar-refractivity contribution in [2.75, 3.05) is 36.5 Å². The van der Waals surface area contributed by atoms with Gasteiger partial charge in [0.25, 0.3) is 0 Å². The Hall–Kier alpha value is -1.69. The smallest absolute Gasteiger partial charge is 0.234 e. The van der Waals surface area contributed by atoms with Crippen molar-refractivity contribution >= 4 is 29.3 Å². The van der Waals surface area contributed by atoms with Crippen molar-refractivity contribution in [1.29, 1.82) is 0 Å². The minimum absolute atomic E-state index is 0.0933. The van der Waals surface area contributed by atoms with Crippen molar-refractivity contribution in [2.24, 2.45) is 5.92 Å². The van der Waals surface area contributed by atoms with Gasteiger partial charge in [0.15, 0.2) is 0 Å². The van der Waals surface area contributed by atoms with E-state index in [0.717, 1.165) is 37.4 Å². The average molecular weight is 350 g/mol. The Labute approximate surface area is 148 Å². The van der Waals surface area contributed by atoms with Crippen LogP contribution < -0.4 is 10.1 Å². The second kappa shape index (κ2) is 9.57. The van der Waals surface area contributed by atoms with Crippen LogP contribution in [0.25, 0.3) is 0 Å². The lowest BCUT2D eigenvalue weighted by molar-refractivity contribution is -0.129. The molecule has 0 saturated carbocycles. The molecule has 5 nitrogen and oxygen atoms in total. The molecule has 132 valence electrons. The minimum atomic E-state index is -0.0933. The van der Waals surface area contributed by atoms with E-state index in [9.17, 15) is 9.59 Å². The van der Waals surface area contributed by atoms with E-state index in [2.05, 4.69) is 12.2 Å². The number of piperidine rings is 1. The molecule has 1 aliphatic heterocycles. The molecule has 2 rings (SSSR count). The largest absolute Gasteiger partial charge is 0.494 e. The van der Waals surface area contributed by atoms with E-state index in [-0.39, 0.29) is 17.6 Å². The maximum atomic E-state index is 12.1. The molecule has 1 N–H and O–H groups in total. The molecule has 1 aromatic rings. The Morgan fingerprint density at radius 2 is 1.88 bits per heavy atom. The van der Waals surface area contributed by atoms with Gasteiger partial charge in [0, 0.05) is 18.8 Å². The number of carbonyl (C=O) groups is 2. The van der Waals surface area contributed by atoms with E-state index in [4.69, 9.17) is 4.74 Å². The first kappa shape index (κ1) is 18.6. The van der Waals surface area contributed by atoms with Gasteiger partial charge in [-0.25, -0.2) is 0 Å². The molecule has 0 atom stereocenters. The highest BCUT2D eigenvalue weighted by molar-refractivity contribution is 8.00. The van der Waals surface area contributed by atoms with Crippen LogP contribution in [0.4, 0.5) is 5.69 Å². The predicted molar refractivity (Wildman–Crippen MR) is 98.5 cm³/mol. The van der Waals surface area contributed by atoms with Crippen LogP contribution in [0, 0.1) is 5.92 Å². The number of carbonyl (C=O) groups excluding carboxylic acids is 2. The van der Waals surface area contributed by atoms with Gasteiger partial charge >= 0.3 is 0 Å². The number of amides is 2. The number of hydrogen-bond donors (Lipinski definition) is 1. The van der Waals surface area contributed by atoms with Crippen molar-refractivity contribution in [2.45, 2.75) is 26.7 Å². The Morgan fingerprint density at radius 1 is 1.21 bits per heavy atom. The minimum Gasteiger partial charge on any atom is -0.494 e. The Bertz CT molecular complexity index is 540. The quantitative estimate of drug-likeness (QED) is 0.821. The molecule has 1 aromatic carbocycles. The molecule has 1 heterocycles. The van der Waals surface area contributed by atoms with Crippen molar-refractivity contribution in [3.8, 4) is 5.75 Å². The highest BCUT2D eigenvalue weighted by Crippen LogP contribution is 2.18. The second-order valence-electron chi connectivity index (χ2n) is 6.06. The van der Waals surface area contributed by atoms with Crippen molar-refractivity contribution in [3.63, 3.8) is 0 Å². The van der Waals surface area contributed by atoms with Crippen LogP contribution >= 0.6 is 11.8 Å². The molecule has 1 fully saturated rings. The third-order valence-corrected chi connectivity index (χ3v) is 4.96. The lowest BCUT2D eigenvalue weighted by Crippen LogP contribution is -2.39. The van der Waals surface area contributed by atoms with E-state index in [1.54, 1.807) is 0 Å². The van der Waals surface area contributed by atoms with Gasteiger partial charge in [-0.1, -0.05) is 6.92 Å². The average Bonchev–Trinajstić information content (AvgIpc) is 2.57. The molecule has 0 radical (unpaired) electrons. The van der Waals surface area contributed by atoms with E-state index in [1.807, 2.05) is 36.1 Å². The molecule has 0 spiro atoms. The van der Waals surface area contributed by atoms with E-state index in [1.165, 1.54) is 11.8 Å². The van der Waals surface area contributed by atoms with Crippen molar-refractivity contribution in [3.05, 3.63) is 24.3 Å². The number of hydrogen-bond acceptors (Lipinski definition) is 4. The molecular weight excluding hydrogens is 324 g/mol. The van der Waals surface area contributed by atoms with Crippen LogP contribution in [0.1, 0.15) is 26.7 Å². The topological polar surface area (TPSA) is 58.6 Å². The Kier molecular flexibility index (Phi) is 7.43. The third kappa shape index (κ3) is 6.07. The number of likely N-dealkylation sites (tertiary alicyclic amines) is 1. The van der Waals surface area contributed by atoms with E-state index < -0.39 is 0 Å². The summed E-state index contributed by atoms with van der Waals surface area (Å²) in [5, 5.41) is 2.83. The summed E-state index contributed by atoms with van der Waals surface area (Å²) in [7, 11) is 0. The molecule has 0 aliphatic carbocycles. The predicted octanol–water partition coefficient (Wildman–Crippen LogP) is 3.02. The lowest BCUT2D eigenvalue weighted by Gasteiger charge is -2.30.